The molecule has 0 saturated carbocycles. The minimum absolute atomic E-state index is 0.205. The standard InChI is InChI=1S/C7H6N4OS/c12-6(5-3-10-13-4-5)11-7-8-1-2-9-7/h1-4H,(H2,8,9,11,12). The molecule has 13 heavy (non-hydrogen) atoms. The molecule has 66 valence electrons. The molecule has 0 aliphatic heterocycles. The van der Waals surface area contributed by atoms with E-state index in [0.29, 0.717) is 11.5 Å². The van der Waals surface area contributed by atoms with Gasteiger partial charge in [0.15, 0.2) is 0 Å². The van der Waals surface area contributed by atoms with Crippen molar-refractivity contribution >= 4 is 23.4 Å². The Labute approximate surface area is 78.0 Å². The molecule has 2 aromatic heterocycles. The summed E-state index contributed by atoms with van der Waals surface area (Å²) < 4.78 is 3.82. The van der Waals surface area contributed by atoms with Gasteiger partial charge in [-0.25, -0.2) is 9.36 Å². The van der Waals surface area contributed by atoms with E-state index in [1.54, 1.807) is 17.8 Å². The topological polar surface area (TPSA) is 70.7 Å². The molecule has 0 aliphatic rings. The zero-order valence-corrected chi connectivity index (χ0v) is 7.34. The molecule has 0 fully saturated rings. The predicted octanol–water partition coefficient (Wildman–Crippen LogP) is 1.12. The Kier molecular flexibility index (Phi) is 2.05. The molecule has 0 saturated heterocycles. The van der Waals surface area contributed by atoms with E-state index in [-0.39, 0.29) is 5.91 Å². The predicted molar refractivity (Wildman–Crippen MR) is 48.7 cm³/mol. The Balaban J connectivity index is 2.08. The number of carbonyl (C=O) groups is 1. The van der Waals surface area contributed by atoms with Gasteiger partial charge in [0, 0.05) is 17.8 Å². The first kappa shape index (κ1) is 7.93. The van der Waals surface area contributed by atoms with Crippen LogP contribution in [-0.4, -0.2) is 20.2 Å². The third kappa shape index (κ3) is 1.73. The van der Waals surface area contributed by atoms with Crippen molar-refractivity contribution in [3.05, 3.63) is 29.5 Å². The van der Waals surface area contributed by atoms with Gasteiger partial charge in [0.05, 0.1) is 11.8 Å². The molecular formula is C7H6N4OS. The summed E-state index contributed by atoms with van der Waals surface area (Å²) in [7, 11) is 0. The summed E-state index contributed by atoms with van der Waals surface area (Å²) in [5.41, 5.74) is 0.543. The zero-order valence-electron chi connectivity index (χ0n) is 6.52. The van der Waals surface area contributed by atoms with Crippen molar-refractivity contribution in [1.29, 1.82) is 0 Å². The molecule has 0 atom stereocenters. The number of aromatic nitrogens is 3. The van der Waals surface area contributed by atoms with E-state index in [2.05, 4.69) is 19.7 Å². The molecule has 1 amide bonds. The van der Waals surface area contributed by atoms with E-state index in [4.69, 9.17) is 0 Å². The fourth-order valence-electron chi connectivity index (χ4n) is 0.830. The van der Waals surface area contributed by atoms with Crippen LogP contribution < -0.4 is 5.32 Å². The number of hydrogen-bond donors (Lipinski definition) is 2. The van der Waals surface area contributed by atoms with Crippen molar-refractivity contribution in [3.63, 3.8) is 0 Å². The van der Waals surface area contributed by atoms with Crippen molar-refractivity contribution in [2.45, 2.75) is 0 Å². The average molecular weight is 194 g/mol. The van der Waals surface area contributed by atoms with Crippen LogP contribution in [0.3, 0.4) is 0 Å². The second-order valence-corrected chi connectivity index (χ2v) is 2.96. The normalized spacial score (nSPS) is 9.85. The van der Waals surface area contributed by atoms with Gasteiger partial charge in [-0.05, 0) is 11.5 Å². The van der Waals surface area contributed by atoms with Crippen molar-refractivity contribution in [1.82, 2.24) is 14.3 Å². The Bertz CT molecular complexity index is 381. The Morgan fingerprint density at radius 3 is 3.15 bits per heavy atom. The van der Waals surface area contributed by atoms with Crippen molar-refractivity contribution in [2.24, 2.45) is 0 Å². The Morgan fingerprint density at radius 1 is 1.62 bits per heavy atom. The largest absolute Gasteiger partial charge is 0.331 e. The van der Waals surface area contributed by atoms with Crippen LogP contribution in [0.2, 0.25) is 0 Å². The van der Waals surface area contributed by atoms with E-state index in [0.717, 1.165) is 0 Å². The van der Waals surface area contributed by atoms with Gasteiger partial charge in [-0.3, -0.25) is 10.1 Å². The lowest BCUT2D eigenvalue weighted by Crippen LogP contribution is -2.11. The third-order valence-electron chi connectivity index (χ3n) is 1.42. The number of imidazole rings is 1. The van der Waals surface area contributed by atoms with Gasteiger partial charge in [-0.2, -0.15) is 0 Å². The number of carbonyl (C=O) groups excluding carboxylic acids is 1. The summed E-state index contributed by atoms with van der Waals surface area (Å²) in [6, 6.07) is 0. The van der Waals surface area contributed by atoms with E-state index in [1.165, 1.54) is 17.7 Å². The van der Waals surface area contributed by atoms with E-state index in [1.807, 2.05) is 0 Å². The van der Waals surface area contributed by atoms with Crippen LogP contribution in [-0.2, 0) is 0 Å². The molecule has 5 nitrogen and oxygen atoms in total. The number of nitrogens with one attached hydrogen (secondary N) is 2. The van der Waals surface area contributed by atoms with Crippen LogP contribution in [0.15, 0.2) is 24.0 Å². The molecule has 6 heteroatoms. The smallest absolute Gasteiger partial charge is 0.260 e. The van der Waals surface area contributed by atoms with Gasteiger partial charge in [-0.1, -0.05) is 0 Å². The second-order valence-electron chi connectivity index (χ2n) is 2.31. The van der Waals surface area contributed by atoms with Crippen LogP contribution in [0.1, 0.15) is 10.4 Å². The molecule has 0 spiro atoms. The van der Waals surface area contributed by atoms with Crippen LogP contribution in [0, 0.1) is 0 Å². The monoisotopic (exact) mass is 194 g/mol. The van der Waals surface area contributed by atoms with Gasteiger partial charge < -0.3 is 4.98 Å². The molecule has 0 aliphatic carbocycles. The van der Waals surface area contributed by atoms with Gasteiger partial charge in [-0.15, -0.1) is 0 Å². The minimum atomic E-state index is -0.205. The summed E-state index contributed by atoms with van der Waals surface area (Å²) >= 11 is 1.24. The highest BCUT2D eigenvalue weighted by molar-refractivity contribution is 7.03. The lowest BCUT2D eigenvalue weighted by atomic mass is 10.3. The number of H-pyrrole nitrogens is 1. The SMILES string of the molecule is O=C(Nc1ncc[nH]1)c1cnsc1. The minimum Gasteiger partial charge on any atom is -0.331 e. The second kappa shape index (κ2) is 3.36. The first-order valence-electron chi connectivity index (χ1n) is 3.56. The fraction of sp³-hybridized carbons (Fsp3) is 0. The molecule has 0 bridgehead atoms. The molecule has 0 unspecified atom stereocenters. The van der Waals surface area contributed by atoms with E-state index < -0.39 is 0 Å². The molecule has 2 N–H and O–H groups in total. The van der Waals surface area contributed by atoms with Crippen molar-refractivity contribution < 1.29 is 4.79 Å². The first-order chi connectivity index (χ1) is 6.36. The van der Waals surface area contributed by atoms with E-state index >= 15 is 0 Å². The highest BCUT2D eigenvalue weighted by Gasteiger charge is 2.07. The first-order valence-corrected chi connectivity index (χ1v) is 4.40. The van der Waals surface area contributed by atoms with E-state index in [9.17, 15) is 4.79 Å². The number of amides is 1. The van der Waals surface area contributed by atoms with Gasteiger partial charge in [0.25, 0.3) is 5.91 Å². The number of nitrogens with zero attached hydrogens (tertiary/aromatic N) is 2. The summed E-state index contributed by atoms with van der Waals surface area (Å²) in [5, 5.41) is 4.26. The van der Waals surface area contributed by atoms with Crippen LogP contribution in [0.4, 0.5) is 5.95 Å². The molecule has 0 aromatic carbocycles. The average Bonchev–Trinajstić information content (AvgIpc) is 2.74. The maximum Gasteiger partial charge on any atom is 0.260 e. The highest BCUT2D eigenvalue weighted by atomic mass is 32.1. The molecule has 2 aromatic rings. The van der Waals surface area contributed by atoms with Crippen molar-refractivity contribution in [2.75, 3.05) is 5.32 Å². The number of rotatable bonds is 2. The zero-order chi connectivity index (χ0) is 9.10. The number of hydrogen-bond acceptors (Lipinski definition) is 4. The number of anilines is 1. The Hall–Kier alpha value is -1.69. The number of aromatic amines is 1. The van der Waals surface area contributed by atoms with Gasteiger partial charge >= 0.3 is 0 Å². The maximum absolute atomic E-state index is 11.4. The lowest BCUT2D eigenvalue weighted by Gasteiger charge is -1.96. The maximum atomic E-state index is 11.4. The highest BCUT2D eigenvalue weighted by Crippen LogP contribution is 2.04. The molecule has 2 rings (SSSR count). The van der Waals surface area contributed by atoms with Gasteiger partial charge in [0.1, 0.15) is 0 Å². The molecule has 2 heterocycles. The lowest BCUT2D eigenvalue weighted by molar-refractivity contribution is 0.102. The fourth-order valence-corrected chi connectivity index (χ4v) is 1.35. The van der Waals surface area contributed by atoms with Crippen LogP contribution in [0.25, 0.3) is 0 Å². The summed E-state index contributed by atoms with van der Waals surface area (Å²) in [4.78, 5) is 18.0. The van der Waals surface area contributed by atoms with Gasteiger partial charge in [0.2, 0.25) is 5.95 Å². The summed E-state index contributed by atoms with van der Waals surface area (Å²) in [5.74, 6) is 0.236. The van der Waals surface area contributed by atoms with Crippen LogP contribution in [0.5, 0.6) is 0 Å². The van der Waals surface area contributed by atoms with Crippen LogP contribution >= 0.6 is 11.5 Å². The molecule has 0 radical (unpaired) electrons. The molecular weight excluding hydrogens is 188 g/mol. The quantitative estimate of drug-likeness (QED) is 0.752. The third-order valence-corrected chi connectivity index (χ3v) is 2.01. The summed E-state index contributed by atoms with van der Waals surface area (Å²) in [6.45, 7) is 0. The Morgan fingerprint density at radius 2 is 2.54 bits per heavy atom. The van der Waals surface area contributed by atoms with Crippen molar-refractivity contribution in [3.8, 4) is 0 Å². The summed E-state index contributed by atoms with van der Waals surface area (Å²) in [6.07, 6.45) is 4.73.